The third-order valence-corrected chi connectivity index (χ3v) is 5.86. The van der Waals surface area contributed by atoms with Crippen LogP contribution in [-0.2, 0) is 16.1 Å². The molecule has 0 radical (unpaired) electrons. The number of hydrogen-bond donors (Lipinski definition) is 1. The number of benzene rings is 1. The van der Waals surface area contributed by atoms with Gasteiger partial charge >= 0.3 is 0 Å². The molecule has 1 saturated heterocycles. The first-order valence-electron chi connectivity index (χ1n) is 9.47. The summed E-state index contributed by atoms with van der Waals surface area (Å²) >= 11 is 0. The highest BCUT2D eigenvalue weighted by Crippen LogP contribution is 2.47. The number of ketones is 1. The van der Waals surface area contributed by atoms with Crippen LogP contribution in [0.3, 0.4) is 0 Å². The Balaban J connectivity index is 1.73. The van der Waals surface area contributed by atoms with Gasteiger partial charge in [-0.3, -0.25) is 4.79 Å². The SMILES string of the molecule is C[C@H]1C(=O)/C=C/C(C)(C)C[C@H]2O[C@]2(C)CC[C@H]1NCc1ccccc1. The number of carbonyl (C=O) groups is 1. The van der Waals surface area contributed by atoms with Crippen molar-refractivity contribution in [2.45, 2.75) is 71.2 Å². The third kappa shape index (κ3) is 4.59. The van der Waals surface area contributed by atoms with E-state index in [0.29, 0.717) is 6.10 Å². The van der Waals surface area contributed by atoms with Crippen molar-refractivity contribution < 1.29 is 9.53 Å². The van der Waals surface area contributed by atoms with Gasteiger partial charge in [0.2, 0.25) is 0 Å². The lowest BCUT2D eigenvalue weighted by Gasteiger charge is -2.24. The monoisotopic (exact) mass is 341 g/mol. The van der Waals surface area contributed by atoms with Crippen LogP contribution in [0, 0.1) is 11.3 Å². The molecule has 3 rings (SSSR count). The number of ether oxygens (including phenoxy) is 1. The maximum atomic E-state index is 12.7. The summed E-state index contributed by atoms with van der Waals surface area (Å²) in [5.74, 6) is 0.190. The molecule has 25 heavy (non-hydrogen) atoms. The quantitative estimate of drug-likeness (QED) is 0.835. The minimum Gasteiger partial charge on any atom is -0.366 e. The third-order valence-electron chi connectivity index (χ3n) is 5.86. The Morgan fingerprint density at radius 1 is 1.20 bits per heavy atom. The molecule has 3 nitrogen and oxygen atoms in total. The Morgan fingerprint density at radius 2 is 1.92 bits per heavy atom. The summed E-state index contributed by atoms with van der Waals surface area (Å²) in [6.45, 7) is 9.43. The molecule has 0 bridgehead atoms. The molecule has 1 heterocycles. The Labute approximate surface area is 151 Å². The van der Waals surface area contributed by atoms with Gasteiger partial charge in [0.05, 0.1) is 11.7 Å². The summed E-state index contributed by atoms with van der Waals surface area (Å²) < 4.78 is 6.04. The molecular formula is C22H31NO2. The van der Waals surface area contributed by atoms with Crippen molar-refractivity contribution in [1.29, 1.82) is 0 Å². The van der Waals surface area contributed by atoms with Crippen LogP contribution in [0.5, 0.6) is 0 Å². The van der Waals surface area contributed by atoms with E-state index < -0.39 is 0 Å². The summed E-state index contributed by atoms with van der Waals surface area (Å²) in [4.78, 5) is 12.7. The molecule has 0 aromatic heterocycles. The molecule has 1 aliphatic carbocycles. The first-order valence-corrected chi connectivity index (χ1v) is 9.47. The number of epoxide rings is 1. The molecule has 1 aromatic rings. The van der Waals surface area contributed by atoms with E-state index in [1.807, 2.05) is 13.0 Å². The van der Waals surface area contributed by atoms with E-state index in [4.69, 9.17) is 4.74 Å². The standard InChI is InChI=1S/C22H31NO2/c1-16-18(23-15-17-8-6-5-7-9-17)10-13-22(4)20(25-22)14-21(2,3)12-11-19(16)24/h5-9,11-12,16,18,20,23H,10,13-15H2,1-4H3/b12-11+/t16-,18-,20-,22-/m1/s1. The lowest BCUT2D eigenvalue weighted by Crippen LogP contribution is -2.38. The summed E-state index contributed by atoms with van der Waals surface area (Å²) in [6, 6.07) is 10.5. The second-order valence-electron chi connectivity index (χ2n) is 8.65. The van der Waals surface area contributed by atoms with Gasteiger partial charge in [0.15, 0.2) is 5.78 Å². The summed E-state index contributed by atoms with van der Waals surface area (Å²) in [6.07, 6.45) is 7.12. The topological polar surface area (TPSA) is 41.6 Å². The molecule has 2 aliphatic rings. The zero-order valence-corrected chi connectivity index (χ0v) is 15.9. The maximum absolute atomic E-state index is 12.7. The molecule has 4 atom stereocenters. The minimum atomic E-state index is -0.0327. The van der Waals surface area contributed by atoms with Crippen molar-refractivity contribution in [2.24, 2.45) is 11.3 Å². The summed E-state index contributed by atoms with van der Waals surface area (Å²) in [5, 5.41) is 3.62. The smallest absolute Gasteiger partial charge is 0.159 e. The van der Waals surface area contributed by atoms with Crippen molar-refractivity contribution in [3.8, 4) is 0 Å². The average Bonchev–Trinajstić information content (AvgIpc) is 3.21. The van der Waals surface area contributed by atoms with Crippen molar-refractivity contribution >= 4 is 5.78 Å². The zero-order chi connectivity index (χ0) is 18.1. The lowest BCUT2D eigenvalue weighted by molar-refractivity contribution is -0.118. The number of fused-ring (bicyclic) bond motifs is 1. The van der Waals surface area contributed by atoms with Gasteiger partial charge in [-0.05, 0) is 43.2 Å². The fourth-order valence-electron chi connectivity index (χ4n) is 3.79. The second kappa shape index (κ2) is 7.05. The molecule has 0 amide bonds. The highest BCUT2D eigenvalue weighted by molar-refractivity contribution is 5.92. The zero-order valence-electron chi connectivity index (χ0n) is 15.9. The van der Waals surface area contributed by atoms with Gasteiger partial charge in [0.25, 0.3) is 0 Å². The van der Waals surface area contributed by atoms with Crippen molar-refractivity contribution in [3.63, 3.8) is 0 Å². The van der Waals surface area contributed by atoms with Gasteiger partial charge in [-0.25, -0.2) is 0 Å². The largest absolute Gasteiger partial charge is 0.366 e. The molecule has 0 saturated carbocycles. The number of hydrogen-bond acceptors (Lipinski definition) is 3. The lowest BCUT2D eigenvalue weighted by atomic mass is 9.84. The molecule has 1 N–H and O–H groups in total. The van der Waals surface area contributed by atoms with Crippen LogP contribution in [0.15, 0.2) is 42.5 Å². The van der Waals surface area contributed by atoms with Gasteiger partial charge in [-0.15, -0.1) is 0 Å². The van der Waals surface area contributed by atoms with Crippen LogP contribution in [0.25, 0.3) is 0 Å². The molecule has 1 aromatic carbocycles. The maximum Gasteiger partial charge on any atom is 0.159 e. The molecule has 136 valence electrons. The van der Waals surface area contributed by atoms with E-state index in [0.717, 1.165) is 25.8 Å². The Morgan fingerprint density at radius 3 is 2.64 bits per heavy atom. The van der Waals surface area contributed by atoms with Gasteiger partial charge < -0.3 is 10.1 Å². The van der Waals surface area contributed by atoms with Gasteiger partial charge in [0, 0.05) is 18.5 Å². The van der Waals surface area contributed by atoms with Crippen LogP contribution < -0.4 is 5.32 Å². The van der Waals surface area contributed by atoms with Gasteiger partial charge in [-0.2, -0.15) is 0 Å². The number of rotatable bonds is 3. The van der Waals surface area contributed by atoms with Crippen LogP contribution in [-0.4, -0.2) is 23.5 Å². The highest BCUT2D eigenvalue weighted by atomic mass is 16.6. The van der Waals surface area contributed by atoms with Crippen LogP contribution >= 0.6 is 0 Å². The summed E-state index contributed by atoms with van der Waals surface area (Å²) in [7, 11) is 0. The van der Waals surface area contributed by atoms with E-state index in [1.54, 1.807) is 6.08 Å². The van der Waals surface area contributed by atoms with Crippen LogP contribution in [0.2, 0.25) is 0 Å². The predicted octanol–water partition coefficient (Wildman–Crippen LogP) is 4.27. The van der Waals surface area contributed by atoms with Gasteiger partial charge in [0.1, 0.15) is 0 Å². The van der Waals surface area contributed by atoms with Gasteiger partial charge in [-0.1, -0.05) is 57.2 Å². The van der Waals surface area contributed by atoms with Crippen LogP contribution in [0.4, 0.5) is 0 Å². The van der Waals surface area contributed by atoms with Crippen molar-refractivity contribution in [1.82, 2.24) is 5.32 Å². The van der Waals surface area contributed by atoms with Crippen LogP contribution in [0.1, 0.15) is 52.5 Å². The molecular weight excluding hydrogens is 310 g/mol. The first-order chi connectivity index (χ1) is 11.8. The van der Waals surface area contributed by atoms with Crippen molar-refractivity contribution in [3.05, 3.63) is 48.0 Å². The fraction of sp³-hybridized carbons (Fsp3) is 0.591. The molecule has 1 fully saturated rings. The molecule has 3 heteroatoms. The van der Waals surface area contributed by atoms with E-state index in [1.165, 1.54) is 5.56 Å². The second-order valence-corrected chi connectivity index (χ2v) is 8.65. The average molecular weight is 341 g/mol. The van der Waals surface area contributed by atoms with E-state index in [-0.39, 0.29) is 28.8 Å². The van der Waals surface area contributed by atoms with E-state index >= 15 is 0 Å². The molecule has 0 spiro atoms. The van der Waals surface area contributed by atoms with E-state index in [2.05, 4.69) is 56.4 Å². The molecule has 1 aliphatic heterocycles. The summed E-state index contributed by atoms with van der Waals surface area (Å²) in [5.41, 5.74) is 1.22. The minimum absolute atomic E-state index is 0.00485. The molecule has 0 unspecified atom stereocenters. The fourth-order valence-corrected chi connectivity index (χ4v) is 3.79. The van der Waals surface area contributed by atoms with Crippen molar-refractivity contribution in [2.75, 3.05) is 0 Å². The Kier molecular flexibility index (Phi) is 5.17. The number of carbonyl (C=O) groups excluding carboxylic acids is 1. The first kappa shape index (κ1) is 18.3. The Hall–Kier alpha value is -1.45. The highest BCUT2D eigenvalue weighted by Gasteiger charge is 2.53. The number of allylic oxidation sites excluding steroid dienone is 2. The Bertz CT molecular complexity index is 637. The van der Waals surface area contributed by atoms with E-state index in [9.17, 15) is 4.79 Å². The number of nitrogens with one attached hydrogen (secondary N) is 1. The normalized spacial score (nSPS) is 36.2. The predicted molar refractivity (Wildman–Crippen MR) is 101 cm³/mol.